The molecule has 0 heterocycles. The first kappa shape index (κ1) is 13.9. The van der Waals surface area contributed by atoms with Crippen molar-refractivity contribution < 1.29 is 0 Å². The van der Waals surface area contributed by atoms with E-state index >= 15 is 0 Å². The molecule has 14 heavy (non-hydrogen) atoms. The highest BCUT2D eigenvalue weighted by atomic mass is 15.2. The van der Waals surface area contributed by atoms with E-state index < -0.39 is 0 Å². The van der Waals surface area contributed by atoms with Crippen LogP contribution in [0.2, 0.25) is 0 Å². The van der Waals surface area contributed by atoms with E-state index in [1.165, 1.54) is 19.5 Å². The van der Waals surface area contributed by atoms with Gasteiger partial charge in [-0.25, -0.2) is 0 Å². The zero-order chi connectivity index (χ0) is 11.0. The molecular weight excluding hydrogens is 172 g/mol. The van der Waals surface area contributed by atoms with Crippen molar-refractivity contribution in [2.24, 2.45) is 5.92 Å². The number of nitrogens with one attached hydrogen (secondary N) is 1. The van der Waals surface area contributed by atoms with Gasteiger partial charge in [-0.3, -0.25) is 4.90 Å². The monoisotopic (exact) mass is 200 g/mol. The van der Waals surface area contributed by atoms with Gasteiger partial charge in [0.2, 0.25) is 0 Å². The maximum absolute atomic E-state index is 3.54. The van der Waals surface area contributed by atoms with Gasteiger partial charge in [0.25, 0.3) is 0 Å². The maximum atomic E-state index is 3.54. The van der Waals surface area contributed by atoms with Gasteiger partial charge in [0.05, 0.1) is 0 Å². The second kappa shape index (κ2) is 8.25. The molecule has 0 aliphatic rings. The fraction of sp³-hybridized carbons (Fsp3) is 1.00. The molecule has 0 rings (SSSR count). The van der Waals surface area contributed by atoms with Gasteiger partial charge >= 0.3 is 0 Å². The number of nitrogens with zero attached hydrogens (tertiary/aromatic N) is 1. The second-order valence-corrected chi connectivity index (χ2v) is 4.34. The Bertz CT molecular complexity index is 119. The number of rotatable bonds is 8. The first-order valence-electron chi connectivity index (χ1n) is 6.10. The standard InChI is InChI=1S/C12H28N2/c1-6-12(14(7-2)8-3)10-13-9-11(4)5/h11-13H,6-10H2,1-5H3. The maximum Gasteiger partial charge on any atom is 0.0217 e. The summed E-state index contributed by atoms with van der Waals surface area (Å²) in [5.41, 5.74) is 0. The molecule has 2 nitrogen and oxygen atoms in total. The largest absolute Gasteiger partial charge is 0.315 e. The Hall–Kier alpha value is -0.0800. The predicted molar refractivity (Wildman–Crippen MR) is 64.7 cm³/mol. The molecule has 0 aromatic carbocycles. The molecule has 2 heteroatoms. The van der Waals surface area contributed by atoms with E-state index in [4.69, 9.17) is 0 Å². The summed E-state index contributed by atoms with van der Waals surface area (Å²) in [5, 5.41) is 3.54. The predicted octanol–water partition coefficient (Wildman–Crippen LogP) is 2.35. The molecule has 0 saturated carbocycles. The minimum Gasteiger partial charge on any atom is -0.315 e. The Kier molecular flexibility index (Phi) is 8.20. The molecule has 0 amide bonds. The van der Waals surface area contributed by atoms with Crippen LogP contribution >= 0.6 is 0 Å². The van der Waals surface area contributed by atoms with Crippen LogP contribution in [0.25, 0.3) is 0 Å². The highest BCUT2D eigenvalue weighted by Gasteiger charge is 2.12. The number of hydrogen-bond acceptors (Lipinski definition) is 2. The van der Waals surface area contributed by atoms with Crippen LogP contribution in [-0.4, -0.2) is 37.1 Å². The van der Waals surface area contributed by atoms with E-state index in [-0.39, 0.29) is 0 Å². The fourth-order valence-corrected chi connectivity index (χ4v) is 1.81. The minimum atomic E-state index is 0.712. The fourth-order valence-electron chi connectivity index (χ4n) is 1.81. The van der Waals surface area contributed by atoms with Gasteiger partial charge < -0.3 is 5.32 Å². The van der Waals surface area contributed by atoms with E-state index in [1.54, 1.807) is 0 Å². The summed E-state index contributed by atoms with van der Waals surface area (Å²) in [7, 11) is 0. The summed E-state index contributed by atoms with van der Waals surface area (Å²) >= 11 is 0. The van der Waals surface area contributed by atoms with Crippen LogP contribution in [0.1, 0.15) is 41.0 Å². The highest BCUT2D eigenvalue weighted by molar-refractivity contribution is 4.71. The Balaban J connectivity index is 3.77. The second-order valence-electron chi connectivity index (χ2n) is 4.34. The van der Waals surface area contributed by atoms with Crippen molar-refractivity contribution in [2.75, 3.05) is 26.2 Å². The quantitative estimate of drug-likeness (QED) is 0.647. The van der Waals surface area contributed by atoms with Crippen LogP contribution in [0, 0.1) is 5.92 Å². The molecule has 86 valence electrons. The van der Waals surface area contributed by atoms with E-state index in [0.29, 0.717) is 6.04 Å². The molecule has 1 N–H and O–H groups in total. The van der Waals surface area contributed by atoms with Gasteiger partial charge in [-0.15, -0.1) is 0 Å². The van der Waals surface area contributed by atoms with Crippen LogP contribution in [0.4, 0.5) is 0 Å². The van der Waals surface area contributed by atoms with Crippen LogP contribution in [0.15, 0.2) is 0 Å². The summed E-state index contributed by atoms with van der Waals surface area (Å²) in [6.45, 7) is 15.9. The smallest absolute Gasteiger partial charge is 0.0217 e. The molecule has 0 bridgehead atoms. The summed E-state index contributed by atoms with van der Waals surface area (Å²) in [6.07, 6.45) is 1.24. The van der Waals surface area contributed by atoms with Crippen molar-refractivity contribution in [3.05, 3.63) is 0 Å². The van der Waals surface area contributed by atoms with E-state index in [9.17, 15) is 0 Å². The molecule has 0 fully saturated rings. The van der Waals surface area contributed by atoms with Crippen LogP contribution in [0.3, 0.4) is 0 Å². The van der Waals surface area contributed by atoms with Crippen molar-refractivity contribution >= 4 is 0 Å². The van der Waals surface area contributed by atoms with Crippen molar-refractivity contribution in [3.63, 3.8) is 0 Å². The molecule has 0 aromatic rings. The average molecular weight is 200 g/mol. The Morgan fingerprint density at radius 1 is 1.00 bits per heavy atom. The van der Waals surface area contributed by atoms with Crippen LogP contribution in [-0.2, 0) is 0 Å². The van der Waals surface area contributed by atoms with Crippen molar-refractivity contribution in [1.82, 2.24) is 10.2 Å². The third-order valence-corrected chi connectivity index (χ3v) is 2.73. The zero-order valence-corrected chi connectivity index (χ0v) is 10.6. The number of likely N-dealkylation sites (N-methyl/N-ethyl adjacent to an activating group) is 1. The van der Waals surface area contributed by atoms with Crippen LogP contribution in [0.5, 0.6) is 0 Å². The first-order chi connectivity index (χ1) is 6.65. The molecular formula is C12H28N2. The first-order valence-corrected chi connectivity index (χ1v) is 6.10. The molecule has 0 aromatic heterocycles. The number of hydrogen-bond donors (Lipinski definition) is 1. The van der Waals surface area contributed by atoms with Crippen molar-refractivity contribution in [3.8, 4) is 0 Å². The topological polar surface area (TPSA) is 15.3 Å². The lowest BCUT2D eigenvalue weighted by Crippen LogP contribution is -2.42. The molecule has 1 atom stereocenters. The van der Waals surface area contributed by atoms with E-state index in [1.807, 2.05) is 0 Å². The summed E-state index contributed by atoms with van der Waals surface area (Å²) in [6, 6.07) is 0.712. The minimum absolute atomic E-state index is 0.712. The SMILES string of the molecule is CCC(CNCC(C)C)N(CC)CC. The lowest BCUT2D eigenvalue weighted by atomic mass is 10.1. The van der Waals surface area contributed by atoms with E-state index in [0.717, 1.165) is 19.0 Å². The summed E-state index contributed by atoms with van der Waals surface area (Å²) < 4.78 is 0. The molecule has 0 radical (unpaired) electrons. The van der Waals surface area contributed by atoms with Gasteiger partial charge in [-0.1, -0.05) is 34.6 Å². The van der Waals surface area contributed by atoms with Crippen LogP contribution < -0.4 is 5.32 Å². The highest BCUT2D eigenvalue weighted by Crippen LogP contribution is 2.02. The van der Waals surface area contributed by atoms with Gasteiger partial charge in [-0.05, 0) is 32.0 Å². The molecule has 0 aliphatic heterocycles. The summed E-state index contributed by atoms with van der Waals surface area (Å²) in [4.78, 5) is 2.54. The lowest BCUT2D eigenvalue weighted by Gasteiger charge is -2.29. The van der Waals surface area contributed by atoms with Crippen molar-refractivity contribution in [1.29, 1.82) is 0 Å². The Morgan fingerprint density at radius 3 is 1.93 bits per heavy atom. The Labute approximate surface area is 90.1 Å². The van der Waals surface area contributed by atoms with Gasteiger partial charge in [0.1, 0.15) is 0 Å². The summed E-state index contributed by atoms with van der Waals surface area (Å²) in [5.74, 6) is 0.754. The van der Waals surface area contributed by atoms with Crippen molar-refractivity contribution in [2.45, 2.75) is 47.1 Å². The molecule has 0 saturated heterocycles. The van der Waals surface area contributed by atoms with E-state index in [2.05, 4.69) is 44.8 Å². The van der Waals surface area contributed by atoms with Gasteiger partial charge in [0.15, 0.2) is 0 Å². The molecule has 1 unspecified atom stereocenters. The third-order valence-electron chi connectivity index (χ3n) is 2.73. The average Bonchev–Trinajstić information content (AvgIpc) is 2.16. The normalized spacial score (nSPS) is 13.9. The molecule has 0 spiro atoms. The van der Waals surface area contributed by atoms with Gasteiger partial charge in [0, 0.05) is 12.6 Å². The van der Waals surface area contributed by atoms with Gasteiger partial charge in [-0.2, -0.15) is 0 Å². The third kappa shape index (κ3) is 5.61. The zero-order valence-electron chi connectivity index (χ0n) is 10.6. The molecule has 0 aliphatic carbocycles. The Morgan fingerprint density at radius 2 is 1.57 bits per heavy atom. The lowest BCUT2D eigenvalue weighted by molar-refractivity contribution is 0.204.